The second kappa shape index (κ2) is 6.01. The Hall–Kier alpha value is -1.66. The Kier molecular flexibility index (Phi) is 3.96. The van der Waals surface area contributed by atoms with Gasteiger partial charge in [0, 0.05) is 23.0 Å². The van der Waals surface area contributed by atoms with Crippen LogP contribution < -0.4 is 0 Å². The van der Waals surface area contributed by atoms with Crippen molar-refractivity contribution in [3.63, 3.8) is 0 Å². The average molecular weight is 365 g/mol. The first-order valence-electron chi connectivity index (χ1n) is 8.10. The Labute approximate surface area is 147 Å². The summed E-state index contributed by atoms with van der Waals surface area (Å²) in [5, 5.41) is 12.9. The second-order valence-corrected chi connectivity index (χ2v) is 8.23. The molecule has 0 amide bonds. The van der Waals surface area contributed by atoms with Gasteiger partial charge in [-0.05, 0) is 49.0 Å². The summed E-state index contributed by atoms with van der Waals surface area (Å²) in [5.41, 5.74) is 3.23. The third kappa shape index (κ3) is 2.40. The van der Waals surface area contributed by atoms with Crippen LogP contribution in [0.1, 0.15) is 37.2 Å². The molecule has 0 spiro atoms. The fourth-order valence-electron chi connectivity index (χ4n) is 4.03. The Balaban J connectivity index is 1.95. The third-order valence-electron chi connectivity index (χ3n) is 5.01. The number of allylic oxidation sites excluding steroid dienone is 2. The van der Waals surface area contributed by atoms with Crippen LogP contribution in [0.15, 0.2) is 46.3 Å². The van der Waals surface area contributed by atoms with Gasteiger partial charge in [-0.3, -0.25) is 14.3 Å². The molecule has 0 radical (unpaired) electrons. The van der Waals surface area contributed by atoms with Crippen LogP contribution in [0.3, 0.4) is 0 Å². The zero-order valence-electron chi connectivity index (χ0n) is 13.0. The Bertz CT molecular complexity index is 801. The standard InChI is InChI=1S/C17H17ClN2O3S/c18-12-7-5-11(6-8-12)15-13-3-1-2-4-14(13)19-9-10-24(23)17(19)16(15)20(21)22/h5-8,15H,1-4,9-10H2. The van der Waals surface area contributed by atoms with Gasteiger partial charge in [-0.2, -0.15) is 0 Å². The van der Waals surface area contributed by atoms with Crippen molar-refractivity contribution in [3.8, 4) is 0 Å². The zero-order valence-corrected chi connectivity index (χ0v) is 14.6. The van der Waals surface area contributed by atoms with Gasteiger partial charge in [0.15, 0.2) is 5.03 Å². The summed E-state index contributed by atoms with van der Waals surface area (Å²) >= 11 is 5.98. The van der Waals surface area contributed by atoms with Gasteiger partial charge < -0.3 is 4.90 Å². The summed E-state index contributed by atoms with van der Waals surface area (Å²) < 4.78 is 12.5. The maximum absolute atomic E-state index is 12.5. The van der Waals surface area contributed by atoms with Crippen molar-refractivity contribution in [3.05, 3.63) is 67.0 Å². The molecule has 1 aromatic carbocycles. The van der Waals surface area contributed by atoms with E-state index in [-0.39, 0.29) is 10.6 Å². The number of halogens is 1. The highest BCUT2D eigenvalue weighted by atomic mass is 35.5. The SMILES string of the molecule is O=[N+]([O-])C1=C2N(CCS2=O)C2=C(CCCC2)C1c1ccc(Cl)cc1. The number of rotatable bonds is 2. The molecule has 1 fully saturated rings. The number of benzene rings is 1. The maximum atomic E-state index is 12.5. The first-order chi connectivity index (χ1) is 11.6. The predicted octanol–water partition coefficient (Wildman–Crippen LogP) is 3.78. The molecule has 2 heterocycles. The number of hydrogen-bond donors (Lipinski definition) is 0. The zero-order chi connectivity index (χ0) is 16.8. The molecule has 1 aromatic rings. The molecule has 4 rings (SSSR count). The fraction of sp³-hybridized carbons (Fsp3) is 0.412. The lowest BCUT2D eigenvalue weighted by atomic mass is 9.79. The van der Waals surface area contributed by atoms with Crippen LogP contribution in [0.2, 0.25) is 5.02 Å². The van der Waals surface area contributed by atoms with E-state index >= 15 is 0 Å². The lowest BCUT2D eigenvalue weighted by Gasteiger charge is -2.36. The largest absolute Gasteiger partial charge is 0.332 e. The highest BCUT2D eigenvalue weighted by Crippen LogP contribution is 2.49. The van der Waals surface area contributed by atoms with Crippen molar-refractivity contribution in [1.29, 1.82) is 0 Å². The predicted molar refractivity (Wildman–Crippen MR) is 93.4 cm³/mol. The highest BCUT2D eigenvalue weighted by Gasteiger charge is 2.47. The van der Waals surface area contributed by atoms with Crippen molar-refractivity contribution in [2.45, 2.75) is 31.6 Å². The van der Waals surface area contributed by atoms with Crippen LogP contribution in [0.5, 0.6) is 0 Å². The van der Waals surface area contributed by atoms with E-state index in [1.165, 1.54) is 0 Å². The number of fused-ring (bicyclic) bond motifs is 2. The van der Waals surface area contributed by atoms with E-state index < -0.39 is 16.7 Å². The topological polar surface area (TPSA) is 63.5 Å². The van der Waals surface area contributed by atoms with E-state index in [4.69, 9.17) is 11.6 Å². The Morgan fingerprint density at radius 2 is 1.92 bits per heavy atom. The van der Waals surface area contributed by atoms with Gasteiger partial charge in [0.1, 0.15) is 5.92 Å². The molecule has 1 saturated heterocycles. The van der Waals surface area contributed by atoms with E-state index in [9.17, 15) is 14.3 Å². The molecule has 0 bridgehead atoms. The molecule has 5 nitrogen and oxygen atoms in total. The molecule has 24 heavy (non-hydrogen) atoms. The summed E-state index contributed by atoms with van der Waals surface area (Å²) in [4.78, 5) is 13.5. The lowest BCUT2D eigenvalue weighted by Crippen LogP contribution is -2.32. The van der Waals surface area contributed by atoms with Crippen molar-refractivity contribution in [2.75, 3.05) is 12.3 Å². The molecule has 2 atom stereocenters. The molecule has 0 aromatic heterocycles. The van der Waals surface area contributed by atoms with E-state index in [0.717, 1.165) is 42.5 Å². The number of nitro groups is 1. The average Bonchev–Trinajstić information content (AvgIpc) is 2.96. The monoisotopic (exact) mass is 364 g/mol. The van der Waals surface area contributed by atoms with Gasteiger partial charge >= 0.3 is 0 Å². The summed E-state index contributed by atoms with van der Waals surface area (Å²) in [6.45, 7) is 0.617. The molecule has 0 saturated carbocycles. The first kappa shape index (κ1) is 15.8. The molecule has 7 heteroatoms. The smallest absolute Gasteiger partial charge is 0.290 e. The first-order valence-corrected chi connectivity index (χ1v) is 9.79. The molecule has 0 N–H and O–H groups in total. The molecule has 2 aliphatic heterocycles. The Morgan fingerprint density at radius 3 is 2.62 bits per heavy atom. The quantitative estimate of drug-likeness (QED) is 0.591. The minimum absolute atomic E-state index is 0.0915. The van der Waals surface area contributed by atoms with Crippen LogP contribution >= 0.6 is 11.6 Å². The van der Waals surface area contributed by atoms with Crippen molar-refractivity contribution in [1.82, 2.24) is 4.90 Å². The summed E-state index contributed by atoms with van der Waals surface area (Å²) in [6.07, 6.45) is 3.89. The van der Waals surface area contributed by atoms with Crippen LogP contribution in [0.4, 0.5) is 0 Å². The van der Waals surface area contributed by atoms with Crippen molar-refractivity contribution < 1.29 is 9.13 Å². The van der Waals surface area contributed by atoms with Gasteiger partial charge in [0.05, 0.1) is 15.7 Å². The van der Waals surface area contributed by atoms with E-state index in [2.05, 4.69) is 0 Å². The fourth-order valence-corrected chi connectivity index (χ4v) is 5.57. The molecule has 2 unspecified atom stereocenters. The lowest BCUT2D eigenvalue weighted by molar-refractivity contribution is -0.431. The highest BCUT2D eigenvalue weighted by molar-refractivity contribution is 7.89. The number of hydrogen-bond acceptors (Lipinski definition) is 4. The molecule has 1 aliphatic carbocycles. The minimum Gasteiger partial charge on any atom is -0.332 e. The van der Waals surface area contributed by atoms with Gasteiger partial charge in [-0.1, -0.05) is 23.7 Å². The second-order valence-electron chi connectivity index (χ2n) is 6.31. The molecular formula is C17H17ClN2O3S. The van der Waals surface area contributed by atoms with Gasteiger partial charge in [0.2, 0.25) is 0 Å². The van der Waals surface area contributed by atoms with Crippen LogP contribution in [-0.4, -0.2) is 26.3 Å². The maximum Gasteiger partial charge on any atom is 0.290 e. The van der Waals surface area contributed by atoms with Gasteiger partial charge in [0.25, 0.3) is 5.70 Å². The van der Waals surface area contributed by atoms with E-state index in [0.29, 0.717) is 22.3 Å². The Morgan fingerprint density at radius 1 is 1.21 bits per heavy atom. The molecule has 126 valence electrons. The number of nitrogens with zero attached hydrogens (tertiary/aromatic N) is 2. The molecular weight excluding hydrogens is 348 g/mol. The third-order valence-corrected chi connectivity index (χ3v) is 6.67. The van der Waals surface area contributed by atoms with E-state index in [1.54, 1.807) is 12.1 Å². The van der Waals surface area contributed by atoms with E-state index in [1.807, 2.05) is 17.0 Å². The van der Waals surface area contributed by atoms with Crippen molar-refractivity contribution >= 4 is 22.4 Å². The summed E-state index contributed by atoms with van der Waals surface area (Å²) in [5.74, 6) is 0.0532. The summed E-state index contributed by atoms with van der Waals surface area (Å²) in [6, 6.07) is 7.23. The van der Waals surface area contributed by atoms with Crippen LogP contribution in [0.25, 0.3) is 0 Å². The molecule has 3 aliphatic rings. The van der Waals surface area contributed by atoms with Crippen LogP contribution in [0, 0.1) is 10.1 Å². The van der Waals surface area contributed by atoms with Gasteiger partial charge in [-0.15, -0.1) is 0 Å². The van der Waals surface area contributed by atoms with Crippen molar-refractivity contribution in [2.24, 2.45) is 0 Å². The normalized spacial score (nSPS) is 26.5. The van der Waals surface area contributed by atoms with Crippen LogP contribution in [-0.2, 0) is 10.8 Å². The van der Waals surface area contributed by atoms with Gasteiger partial charge in [-0.25, -0.2) is 0 Å². The summed E-state index contributed by atoms with van der Waals surface area (Å²) in [7, 11) is -1.30. The minimum atomic E-state index is -1.30.